The first-order valence-corrected chi connectivity index (χ1v) is 25.0. The number of carbonyl (C=O) groups is 3. The molecule has 0 aromatic carbocycles. The van der Waals surface area contributed by atoms with E-state index in [1.165, 1.54) is 135 Å². The minimum absolute atomic E-state index is 0.0813. The molecule has 0 aliphatic heterocycles. The van der Waals surface area contributed by atoms with Gasteiger partial charge < -0.3 is 14.2 Å². The molecule has 0 radical (unpaired) electrons. The number of allylic oxidation sites excluding steroid dienone is 6. The van der Waals surface area contributed by atoms with Crippen LogP contribution in [0.2, 0.25) is 0 Å². The van der Waals surface area contributed by atoms with Crippen LogP contribution in [-0.2, 0) is 28.6 Å². The van der Waals surface area contributed by atoms with Crippen molar-refractivity contribution in [1.29, 1.82) is 0 Å². The molecule has 0 aromatic heterocycles. The van der Waals surface area contributed by atoms with Crippen LogP contribution in [0.15, 0.2) is 36.5 Å². The lowest BCUT2D eigenvalue weighted by Crippen LogP contribution is -2.30. The summed E-state index contributed by atoms with van der Waals surface area (Å²) in [5.41, 5.74) is 0. The van der Waals surface area contributed by atoms with Crippen molar-refractivity contribution in [3.05, 3.63) is 36.5 Å². The Kier molecular flexibility index (Phi) is 45.4. The molecular formula is C52H94O6. The highest BCUT2D eigenvalue weighted by atomic mass is 16.6. The maximum absolute atomic E-state index is 12.8. The molecule has 6 nitrogen and oxygen atoms in total. The molecule has 0 rings (SSSR count). The van der Waals surface area contributed by atoms with Crippen LogP contribution in [0.3, 0.4) is 0 Å². The lowest BCUT2D eigenvalue weighted by molar-refractivity contribution is -0.167. The summed E-state index contributed by atoms with van der Waals surface area (Å²) >= 11 is 0. The van der Waals surface area contributed by atoms with Gasteiger partial charge >= 0.3 is 17.9 Å². The quantitative estimate of drug-likeness (QED) is 0.0264. The van der Waals surface area contributed by atoms with Gasteiger partial charge in [-0.2, -0.15) is 0 Å². The third kappa shape index (κ3) is 44.7. The zero-order valence-corrected chi connectivity index (χ0v) is 38.6. The predicted molar refractivity (Wildman–Crippen MR) is 247 cm³/mol. The molecule has 0 amide bonds. The van der Waals surface area contributed by atoms with Gasteiger partial charge in [-0.25, -0.2) is 0 Å². The number of ether oxygens (including phenoxy) is 3. The number of unbranched alkanes of at least 4 members (excludes halogenated alkanes) is 28. The molecule has 0 saturated carbocycles. The highest BCUT2D eigenvalue weighted by molar-refractivity contribution is 5.71. The maximum Gasteiger partial charge on any atom is 0.306 e. The Morgan fingerprint density at radius 2 is 0.569 bits per heavy atom. The summed E-state index contributed by atoms with van der Waals surface area (Å²) in [4.78, 5) is 37.9. The lowest BCUT2D eigenvalue weighted by Gasteiger charge is -2.18. The van der Waals surface area contributed by atoms with Gasteiger partial charge in [0.15, 0.2) is 6.10 Å². The van der Waals surface area contributed by atoms with Crippen molar-refractivity contribution in [3.63, 3.8) is 0 Å². The maximum atomic E-state index is 12.8. The van der Waals surface area contributed by atoms with Crippen LogP contribution in [0.5, 0.6) is 0 Å². The Hall–Kier alpha value is -2.37. The van der Waals surface area contributed by atoms with E-state index in [2.05, 4.69) is 57.2 Å². The molecular weight excluding hydrogens is 721 g/mol. The van der Waals surface area contributed by atoms with E-state index in [-0.39, 0.29) is 31.1 Å². The van der Waals surface area contributed by atoms with Gasteiger partial charge in [0.2, 0.25) is 0 Å². The molecule has 58 heavy (non-hydrogen) atoms. The molecule has 1 unspecified atom stereocenters. The molecule has 0 N–H and O–H groups in total. The number of esters is 3. The standard InChI is InChI=1S/C52H94O6/c1-4-7-10-13-16-19-22-25-28-30-33-36-39-42-45-51(54)57-48-49(58-52(55)46-43-40-37-34-31-27-24-21-18-15-12-9-6-3)47-56-50(53)44-41-38-35-32-29-26-23-20-17-14-11-8-5-2/h20-25,49H,4-19,26-48H2,1-3H3/b23-20-,24-21-,25-22-. The van der Waals surface area contributed by atoms with Crippen molar-refractivity contribution in [3.8, 4) is 0 Å². The summed E-state index contributed by atoms with van der Waals surface area (Å²) in [5.74, 6) is -0.901. The topological polar surface area (TPSA) is 78.9 Å². The molecule has 0 aliphatic carbocycles. The van der Waals surface area contributed by atoms with Gasteiger partial charge in [0.1, 0.15) is 13.2 Å². The van der Waals surface area contributed by atoms with Gasteiger partial charge in [-0.1, -0.05) is 179 Å². The fraction of sp³-hybridized carbons (Fsp3) is 0.827. The Bertz CT molecular complexity index is 984. The minimum atomic E-state index is -0.779. The first kappa shape index (κ1) is 55.6. The lowest BCUT2D eigenvalue weighted by atomic mass is 10.1. The van der Waals surface area contributed by atoms with Crippen molar-refractivity contribution in [2.75, 3.05) is 13.2 Å². The summed E-state index contributed by atoms with van der Waals surface area (Å²) in [5, 5.41) is 0. The van der Waals surface area contributed by atoms with Crippen LogP contribution >= 0.6 is 0 Å². The predicted octanol–water partition coefficient (Wildman–Crippen LogP) is 16.1. The highest BCUT2D eigenvalue weighted by Gasteiger charge is 2.19. The van der Waals surface area contributed by atoms with E-state index in [9.17, 15) is 14.4 Å². The van der Waals surface area contributed by atoms with Gasteiger partial charge in [-0.05, 0) is 96.3 Å². The van der Waals surface area contributed by atoms with Crippen molar-refractivity contribution >= 4 is 17.9 Å². The van der Waals surface area contributed by atoms with Crippen LogP contribution in [-0.4, -0.2) is 37.2 Å². The Morgan fingerprint density at radius 3 is 0.879 bits per heavy atom. The smallest absolute Gasteiger partial charge is 0.306 e. The molecule has 338 valence electrons. The van der Waals surface area contributed by atoms with E-state index in [4.69, 9.17) is 14.2 Å². The van der Waals surface area contributed by atoms with Crippen LogP contribution in [0, 0.1) is 0 Å². The van der Waals surface area contributed by atoms with Gasteiger partial charge in [0.05, 0.1) is 0 Å². The van der Waals surface area contributed by atoms with Crippen molar-refractivity contribution in [1.82, 2.24) is 0 Å². The van der Waals surface area contributed by atoms with Crippen LogP contribution < -0.4 is 0 Å². The largest absolute Gasteiger partial charge is 0.462 e. The second-order valence-corrected chi connectivity index (χ2v) is 16.7. The van der Waals surface area contributed by atoms with Crippen molar-refractivity contribution < 1.29 is 28.6 Å². The summed E-state index contributed by atoms with van der Waals surface area (Å²) in [6.45, 7) is 6.58. The first-order valence-electron chi connectivity index (χ1n) is 25.0. The molecule has 0 bridgehead atoms. The van der Waals surface area contributed by atoms with E-state index in [1.54, 1.807) is 0 Å². The zero-order valence-electron chi connectivity index (χ0n) is 38.6. The molecule has 0 saturated heterocycles. The van der Waals surface area contributed by atoms with E-state index in [0.717, 1.165) is 83.5 Å². The normalized spacial score (nSPS) is 12.3. The third-order valence-corrected chi connectivity index (χ3v) is 10.8. The summed E-state index contributed by atoms with van der Waals surface area (Å²) in [7, 11) is 0. The fourth-order valence-electron chi connectivity index (χ4n) is 7.01. The minimum Gasteiger partial charge on any atom is -0.462 e. The number of hydrogen-bond donors (Lipinski definition) is 0. The first-order chi connectivity index (χ1) is 28.5. The van der Waals surface area contributed by atoms with E-state index < -0.39 is 6.10 Å². The third-order valence-electron chi connectivity index (χ3n) is 10.8. The monoisotopic (exact) mass is 815 g/mol. The second-order valence-electron chi connectivity index (χ2n) is 16.7. The molecule has 6 heteroatoms. The number of carbonyl (C=O) groups excluding carboxylic acids is 3. The highest BCUT2D eigenvalue weighted by Crippen LogP contribution is 2.14. The summed E-state index contributed by atoms with van der Waals surface area (Å²) in [6, 6.07) is 0. The Labute approximate surface area is 359 Å². The van der Waals surface area contributed by atoms with Gasteiger partial charge in [-0.15, -0.1) is 0 Å². The van der Waals surface area contributed by atoms with E-state index in [0.29, 0.717) is 19.3 Å². The van der Waals surface area contributed by atoms with Crippen LogP contribution in [0.1, 0.15) is 258 Å². The Balaban J connectivity index is 4.40. The van der Waals surface area contributed by atoms with Crippen LogP contribution in [0.25, 0.3) is 0 Å². The van der Waals surface area contributed by atoms with Crippen LogP contribution in [0.4, 0.5) is 0 Å². The second kappa shape index (κ2) is 47.3. The molecule has 0 heterocycles. The SMILES string of the molecule is CCCCCC/C=C\CCCCCCCC(=O)OCC(COC(=O)CCCCCCC/C=C\CCCCCCC)OC(=O)CCCCCCC/C=C\CCCCCC. The summed E-state index contributed by atoms with van der Waals surface area (Å²) < 4.78 is 16.7. The summed E-state index contributed by atoms with van der Waals surface area (Å²) in [6.07, 6.45) is 54.0. The van der Waals surface area contributed by atoms with E-state index >= 15 is 0 Å². The van der Waals surface area contributed by atoms with Crippen molar-refractivity contribution in [2.45, 2.75) is 264 Å². The van der Waals surface area contributed by atoms with Crippen molar-refractivity contribution in [2.24, 2.45) is 0 Å². The van der Waals surface area contributed by atoms with Gasteiger partial charge in [0, 0.05) is 19.3 Å². The molecule has 0 aromatic rings. The number of hydrogen-bond acceptors (Lipinski definition) is 6. The Morgan fingerprint density at radius 1 is 0.328 bits per heavy atom. The molecule has 0 spiro atoms. The van der Waals surface area contributed by atoms with E-state index in [1.807, 2.05) is 0 Å². The van der Waals surface area contributed by atoms with Gasteiger partial charge in [-0.3, -0.25) is 14.4 Å². The zero-order chi connectivity index (χ0) is 42.3. The average Bonchev–Trinajstić information content (AvgIpc) is 3.22. The molecule has 1 atom stereocenters. The molecule has 0 fully saturated rings. The molecule has 0 aliphatic rings. The number of rotatable bonds is 45. The van der Waals surface area contributed by atoms with Gasteiger partial charge in [0.25, 0.3) is 0 Å². The fourth-order valence-corrected chi connectivity index (χ4v) is 7.01. The average molecular weight is 815 g/mol.